The molecule has 1 saturated carbocycles. The molecule has 0 aliphatic heterocycles. The molecule has 0 aromatic carbocycles. The summed E-state index contributed by atoms with van der Waals surface area (Å²) in [6.07, 6.45) is 7.09. The molecule has 0 radical (unpaired) electrons. The van der Waals surface area contributed by atoms with E-state index >= 15 is 0 Å². The van der Waals surface area contributed by atoms with Gasteiger partial charge in [0.15, 0.2) is 0 Å². The fraction of sp³-hybridized carbons (Fsp3) is 0.643. The molecular weight excluding hydrogens is 262 g/mol. The molecule has 0 unspecified atom stereocenters. The van der Waals surface area contributed by atoms with E-state index < -0.39 is 0 Å². The Hall–Kier alpha value is -0.480. The van der Waals surface area contributed by atoms with Gasteiger partial charge < -0.3 is 5.32 Å². The molecule has 2 atom stereocenters. The maximum Gasteiger partial charge on any atom is 0.233 e. The maximum atomic E-state index is 12.1. The lowest BCUT2D eigenvalue weighted by Gasteiger charge is -2.25. The van der Waals surface area contributed by atoms with E-state index in [1.54, 1.807) is 23.1 Å². The highest BCUT2D eigenvalue weighted by Crippen LogP contribution is 2.37. The summed E-state index contributed by atoms with van der Waals surface area (Å²) in [7, 11) is 0. The molecule has 2 rings (SSSR count). The Morgan fingerprint density at radius 1 is 1.50 bits per heavy atom. The highest BCUT2D eigenvalue weighted by Gasteiger charge is 2.29. The van der Waals surface area contributed by atoms with E-state index in [9.17, 15) is 4.79 Å². The summed E-state index contributed by atoms with van der Waals surface area (Å²) in [4.78, 5) is 13.4. The van der Waals surface area contributed by atoms with E-state index in [0.717, 1.165) is 0 Å². The van der Waals surface area contributed by atoms with Gasteiger partial charge in [0.25, 0.3) is 0 Å². The molecule has 100 valence electrons. The Morgan fingerprint density at radius 2 is 2.22 bits per heavy atom. The zero-order valence-corrected chi connectivity index (χ0v) is 12.7. The van der Waals surface area contributed by atoms with Gasteiger partial charge in [-0.3, -0.25) is 4.79 Å². The van der Waals surface area contributed by atoms with Crippen LogP contribution >= 0.6 is 23.1 Å². The minimum Gasteiger partial charge on any atom is -0.347 e. The first-order valence-electron chi connectivity index (χ1n) is 6.59. The van der Waals surface area contributed by atoms with Crippen molar-refractivity contribution in [2.45, 2.75) is 43.9 Å². The van der Waals surface area contributed by atoms with Gasteiger partial charge in [0, 0.05) is 4.88 Å². The van der Waals surface area contributed by atoms with Crippen molar-refractivity contribution < 1.29 is 4.79 Å². The van der Waals surface area contributed by atoms with Crippen molar-refractivity contribution in [3.63, 3.8) is 0 Å². The monoisotopic (exact) mass is 283 g/mol. The summed E-state index contributed by atoms with van der Waals surface area (Å²) in [6.45, 7) is 1.97. The van der Waals surface area contributed by atoms with Gasteiger partial charge in [-0.2, -0.15) is 11.8 Å². The average molecular weight is 283 g/mol. The van der Waals surface area contributed by atoms with Gasteiger partial charge in [-0.1, -0.05) is 18.9 Å². The van der Waals surface area contributed by atoms with Crippen molar-refractivity contribution in [3.05, 3.63) is 22.4 Å². The maximum absolute atomic E-state index is 12.1. The second-order valence-electron chi connectivity index (χ2n) is 4.92. The fourth-order valence-corrected chi connectivity index (χ4v) is 3.71. The Balaban J connectivity index is 2.07. The van der Waals surface area contributed by atoms with Gasteiger partial charge in [0.05, 0.1) is 11.3 Å². The lowest BCUT2D eigenvalue weighted by molar-refractivity contribution is -0.121. The number of thiophene rings is 1. The summed E-state index contributed by atoms with van der Waals surface area (Å²) in [5, 5.41) is 5.40. The molecule has 1 aliphatic carbocycles. The molecule has 2 nitrogen and oxygen atoms in total. The van der Waals surface area contributed by atoms with Gasteiger partial charge >= 0.3 is 0 Å². The first-order chi connectivity index (χ1) is 8.72. The van der Waals surface area contributed by atoms with E-state index in [2.05, 4.69) is 22.8 Å². The van der Waals surface area contributed by atoms with Crippen molar-refractivity contribution >= 4 is 29.0 Å². The molecular formula is C14H21NOS2. The van der Waals surface area contributed by atoms with Crippen LogP contribution in [0.4, 0.5) is 0 Å². The third-order valence-electron chi connectivity index (χ3n) is 3.74. The average Bonchev–Trinajstić information content (AvgIpc) is 3.06. The van der Waals surface area contributed by atoms with Crippen LogP contribution in [0.5, 0.6) is 0 Å². The smallest absolute Gasteiger partial charge is 0.233 e. The molecule has 18 heavy (non-hydrogen) atoms. The van der Waals surface area contributed by atoms with Gasteiger partial charge in [-0.25, -0.2) is 0 Å². The normalized spacial score (nSPS) is 19.7. The Morgan fingerprint density at radius 3 is 2.78 bits per heavy atom. The zero-order chi connectivity index (χ0) is 13.0. The number of carbonyl (C=O) groups excluding carboxylic acids is 1. The third kappa shape index (κ3) is 3.29. The number of thioether (sulfide) groups is 1. The quantitative estimate of drug-likeness (QED) is 0.889. The van der Waals surface area contributed by atoms with Crippen LogP contribution in [0, 0.1) is 5.92 Å². The molecule has 1 heterocycles. The van der Waals surface area contributed by atoms with Crippen LogP contribution in [0.1, 0.15) is 43.5 Å². The Bertz CT molecular complexity index is 371. The topological polar surface area (TPSA) is 29.1 Å². The van der Waals surface area contributed by atoms with Gasteiger partial charge in [-0.05, 0) is 43.4 Å². The van der Waals surface area contributed by atoms with Gasteiger partial charge in [-0.15, -0.1) is 11.3 Å². The van der Waals surface area contributed by atoms with Crippen molar-refractivity contribution in [2.75, 3.05) is 6.26 Å². The molecule has 4 heteroatoms. The van der Waals surface area contributed by atoms with Crippen LogP contribution in [0.3, 0.4) is 0 Å². The summed E-state index contributed by atoms with van der Waals surface area (Å²) in [6, 6.07) is 4.46. The molecule has 1 fully saturated rings. The van der Waals surface area contributed by atoms with Crippen molar-refractivity contribution in [1.29, 1.82) is 0 Å². The van der Waals surface area contributed by atoms with Crippen LogP contribution in [0.15, 0.2) is 17.5 Å². The summed E-state index contributed by atoms with van der Waals surface area (Å²) in [5.74, 6) is 0.800. The molecule has 1 amide bonds. The lowest BCUT2D eigenvalue weighted by Crippen LogP contribution is -2.36. The largest absolute Gasteiger partial charge is 0.347 e. The predicted molar refractivity (Wildman–Crippen MR) is 80.1 cm³/mol. The van der Waals surface area contributed by atoms with Crippen LogP contribution in [0.2, 0.25) is 0 Å². The number of carbonyl (C=O) groups is 1. The second kappa shape index (κ2) is 6.62. The standard InChI is InChI=1S/C14H21NOS2/c1-10(17-2)14(16)15-13(11-6-3-4-7-11)12-8-5-9-18-12/h5,8-11,13H,3-4,6-7H2,1-2H3,(H,15,16)/t10-,13+/m1/s1. The number of amides is 1. The SMILES string of the molecule is CS[C@H](C)C(=O)N[C@H](c1cccs1)C1CCCC1. The minimum atomic E-state index is 0.0360. The van der Waals surface area contributed by atoms with Crippen molar-refractivity contribution in [1.82, 2.24) is 5.32 Å². The Kier molecular flexibility index (Phi) is 5.13. The molecule has 0 bridgehead atoms. The van der Waals surface area contributed by atoms with E-state index in [1.807, 2.05) is 13.2 Å². The molecule has 0 spiro atoms. The number of rotatable bonds is 5. The molecule has 0 saturated heterocycles. The van der Waals surface area contributed by atoms with Crippen molar-refractivity contribution in [2.24, 2.45) is 5.92 Å². The highest BCUT2D eigenvalue weighted by molar-refractivity contribution is 7.99. The molecule has 1 N–H and O–H groups in total. The number of hydrogen-bond acceptors (Lipinski definition) is 3. The fourth-order valence-electron chi connectivity index (χ4n) is 2.56. The van der Waals surface area contributed by atoms with Crippen LogP contribution in [0.25, 0.3) is 0 Å². The number of nitrogens with one attached hydrogen (secondary N) is 1. The molecule has 1 aliphatic rings. The van der Waals surface area contributed by atoms with Gasteiger partial charge in [0.2, 0.25) is 5.91 Å². The van der Waals surface area contributed by atoms with Crippen LogP contribution in [-0.2, 0) is 4.79 Å². The van der Waals surface area contributed by atoms with Crippen LogP contribution in [-0.4, -0.2) is 17.4 Å². The van der Waals surface area contributed by atoms with Crippen molar-refractivity contribution in [3.8, 4) is 0 Å². The third-order valence-corrected chi connectivity index (χ3v) is 5.62. The summed E-state index contributed by atoms with van der Waals surface area (Å²) >= 11 is 3.36. The predicted octanol–water partition coefficient (Wildman–Crippen LogP) is 3.85. The number of hydrogen-bond donors (Lipinski definition) is 1. The first-order valence-corrected chi connectivity index (χ1v) is 8.75. The van der Waals surface area contributed by atoms with Gasteiger partial charge in [0.1, 0.15) is 0 Å². The van der Waals surface area contributed by atoms with E-state index in [1.165, 1.54) is 30.6 Å². The first kappa shape index (κ1) is 13.9. The highest BCUT2D eigenvalue weighted by atomic mass is 32.2. The van der Waals surface area contributed by atoms with E-state index in [0.29, 0.717) is 5.92 Å². The zero-order valence-electron chi connectivity index (χ0n) is 11.0. The molecule has 1 aromatic rings. The van der Waals surface area contributed by atoms with Crippen LogP contribution < -0.4 is 5.32 Å². The minimum absolute atomic E-state index is 0.0360. The second-order valence-corrected chi connectivity index (χ2v) is 7.08. The van der Waals surface area contributed by atoms with E-state index in [-0.39, 0.29) is 17.2 Å². The lowest BCUT2D eigenvalue weighted by atomic mass is 9.96. The van der Waals surface area contributed by atoms with E-state index in [4.69, 9.17) is 0 Å². The summed E-state index contributed by atoms with van der Waals surface area (Å²) < 4.78 is 0. The summed E-state index contributed by atoms with van der Waals surface area (Å²) in [5.41, 5.74) is 0. The Labute approximate surface area is 118 Å². The molecule has 1 aromatic heterocycles.